The van der Waals surface area contributed by atoms with Crippen LogP contribution >= 0.6 is 39.0 Å². The largest absolute Gasteiger partial charge is 0.464 e. The second kappa shape index (κ2) is 18.4. The third-order valence-corrected chi connectivity index (χ3v) is 15.6. The summed E-state index contributed by atoms with van der Waals surface area (Å²) in [5.41, 5.74) is 0.956. The molecular formula is C46H44Cl2O4P2. The molecule has 0 bridgehead atoms. The van der Waals surface area contributed by atoms with Crippen LogP contribution in [-0.4, -0.2) is 31.1 Å². The topological polar surface area (TPSA) is 44.8 Å². The van der Waals surface area contributed by atoms with Crippen molar-refractivity contribution in [3.8, 4) is 0 Å². The van der Waals surface area contributed by atoms with Gasteiger partial charge >= 0.3 is 5.97 Å². The number of hydrogen-bond acceptors (Lipinski definition) is 4. The minimum Gasteiger partial charge on any atom is -0.464 e. The molecule has 1 saturated carbocycles. The van der Waals surface area contributed by atoms with Crippen molar-refractivity contribution < 1.29 is 19.0 Å². The molecule has 2 aliphatic rings. The molecule has 0 aliphatic heterocycles. The zero-order chi connectivity index (χ0) is 37.3. The lowest BCUT2D eigenvalue weighted by molar-refractivity contribution is -0.245. The molecule has 2 atom stereocenters. The first-order valence-corrected chi connectivity index (χ1v) is 22.1. The standard InChI is InChI=1S/C46H44Cl2O4P2/c1-2-50-44(49)33-51-46(52-35-18-8-3-9-19-35)43(48)31-30-42(54(38-24-14-6-15-25-38)39-26-16-7-17-27-39)45(46)40-32-34(47)28-29-41(40)53(36-20-10-4-11-21-36)37-22-12-5-13-23-37/h4-7,10-17,20-32,35,45H,2-3,8-9,18-19,33H2,1H3. The molecular weight excluding hydrogens is 749 g/mol. The van der Waals surface area contributed by atoms with Gasteiger partial charge in [0.25, 0.3) is 0 Å². The van der Waals surface area contributed by atoms with Crippen molar-refractivity contribution in [2.75, 3.05) is 13.2 Å². The first-order valence-electron chi connectivity index (χ1n) is 18.6. The monoisotopic (exact) mass is 792 g/mol. The Morgan fingerprint density at radius 1 is 0.685 bits per heavy atom. The van der Waals surface area contributed by atoms with Gasteiger partial charge < -0.3 is 14.2 Å². The van der Waals surface area contributed by atoms with Crippen molar-refractivity contribution in [3.63, 3.8) is 0 Å². The molecule has 8 heteroatoms. The maximum atomic E-state index is 13.2. The zero-order valence-electron chi connectivity index (χ0n) is 30.3. The number of hydrogen-bond donors (Lipinski definition) is 0. The molecule has 0 spiro atoms. The fourth-order valence-corrected chi connectivity index (χ4v) is 13.1. The first-order chi connectivity index (χ1) is 26.5. The molecule has 0 aromatic heterocycles. The van der Waals surface area contributed by atoms with Crippen LogP contribution in [0.4, 0.5) is 0 Å². The number of carbonyl (C=O) groups excluding carboxylic acids is 1. The van der Waals surface area contributed by atoms with E-state index < -0.39 is 33.5 Å². The highest BCUT2D eigenvalue weighted by atomic mass is 35.5. The average Bonchev–Trinajstić information content (AvgIpc) is 3.21. The summed E-state index contributed by atoms with van der Waals surface area (Å²) in [4.78, 5) is 13.2. The highest BCUT2D eigenvalue weighted by molar-refractivity contribution is 7.80. The Balaban J connectivity index is 1.53. The summed E-state index contributed by atoms with van der Waals surface area (Å²) in [5, 5.41) is 7.93. The normalized spacial score (nSPS) is 19.0. The lowest BCUT2D eigenvalue weighted by Gasteiger charge is -2.47. The van der Waals surface area contributed by atoms with Gasteiger partial charge in [-0.2, -0.15) is 0 Å². The quantitative estimate of drug-likeness (QED) is 0.0677. The molecule has 0 radical (unpaired) electrons. The van der Waals surface area contributed by atoms with Crippen LogP contribution in [0.5, 0.6) is 0 Å². The van der Waals surface area contributed by atoms with E-state index in [-0.39, 0.29) is 19.3 Å². The zero-order valence-corrected chi connectivity index (χ0v) is 33.6. The highest BCUT2D eigenvalue weighted by Gasteiger charge is 2.53. The summed E-state index contributed by atoms with van der Waals surface area (Å²) < 4.78 is 19.8. The number of esters is 1. The van der Waals surface area contributed by atoms with Gasteiger partial charge in [0.1, 0.15) is 6.61 Å². The molecule has 0 heterocycles. The van der Waals surface area contributed by atoms with Crippen molar-refractivity contribution in [1.82, 2.24) is 0 Å². The SMILES string of the molecule is CCOC(=O)COC1(OC2CCCCC2)C(Cl)=CC=C(P(c2ccccc2)c2ccccc2)C1c1cc(Cl)ccc1P(c1ccccc1)c1ccccc1. The number of rotatable bonds is 13. The Bertz CT molecular complexity index is 1980. The summed E-state index contributed by atoms with van der Waals surface area (Å²) in [7, 11) is -2.27. The van der Waals surface area contributed by atoms with Crippen LogP contribution < -0.4 is 26.5 Å². The van der Waals surface area contributed by atoms with Crippen molar-refractivity contribution in [3.05, 3.63) is 173 Å². The van der Waals surface area contributed by atoms with Gasteiger partial charge in [0.05, 0.1) is 23.7 Å². The molecule has 7 rings (SSSR count). The van der Waals surface area contributed by atoms with Gasteiger partial charge in [-0.1, -0.05) is 176 Å². The molecule has 1 fully saturated rings. The number of halogens is 2. The maximum absolute atomic E-state index is 13.2. The van der Waals surface area contributed by atoms with Crippen molar-refractivity contribution >= 4 is 71.5 Å². The summed E-state index contributed by atoms with van der Waals surface area (Å²) in [5.74, 6) is -2.62. The Hall–Kier alpha value is -3.59. The second-order valence-corrected chi connectivity index (χ2v) is 18.6. The minimum absolute atomic E-state index is 0.128. The molecule has 5 aromatic carbocycles. The van der Waals surface area contributed by atoms with Crippen LogP contribution in [0.15, 0.2) is 162 Å². The molecule has 276 valence electrons. The lowest BCUT2D eigenvalue weighted by Crippen LogP contribution is -2.50. The van der Waals surface area contributed by atoms with E-state index in [0.29, 0.717) is 10.1 Å². The van der Waals surface area contributed by atoms with Crippen LogP contribution in [0.1, 0.15) is 50.5 Å². The molecule has 0 N–H and O–H groups in total. The van der Waals surface area contributed by atoms with Gasteiger partial charge in [-0.15, -0.1) is 0 Å². The van der Waals surface area contributed by atoms with Crippen molar-refractivity contribution in [2.24, 2.45) is 0 Å². The Morgan fingerprint density at radius 3 is 1.72 bits per heavy atom. The molecule has 2 aliphatic carbocycles. The second-order valence-electron chi connectivity index (χ2n) is 13.4. The first kappa shape index (κ1) is 38.7. The molecule has 0 saturated heterocycles. The molecule has 0 amide bonds. The minimum atomic E-state index is -1.56. The van der Waals surface area contributed by atoms with E-state index in [1.165, 1.54) is 21.2 Å². The maximum Gasteiger partial charge on any atom is 0.332 e. The summed E-state index contributed by atoms with van der Waals surface area (Å²) >= 11 is 14.6. The third-order valence-electron chi connectivity index (χ3n) is 9.87. The van der Waals surface area contributed by atoms with Crippen LogP contribution in [0.3, 0.4) is 0 Å². The highest BCUT2D eigenvalue weighted by Crippen LogP contribution is 2.59. The Morgan fingerprint density at radius 2 is 1.20 bits per heavy atom. The fraction of sp³-hybridized carbons (Fsp3) is 0.239. The van der Waals surface area contributed by atoms with Gasteiger partial charge in [-0.25, -0.2) is 4.79 Å². The van der Waals surface area contributed by atoms with Gasteiger partial charge in [0.15, 0.2) is 0 Å². The molecule has 5 aromatic rings. The number of benzene rings is 5. The van der Waals surface area contributed by atoms with Gasteiger partial charge in [-0.3, -0.25) is 0 Å². The van der Waals surface area contributed by atoms with E-state index in [0.717, 1.165) is 48.3 Å². The summed E-state index contributed by atoms with van der Waals surface area (Å²) in [6, 6.07) is 48.7. The van der Waals surface area contributed by atoms with E-state index >= 15 is 0 Å². The molecule has 54 heavy (non-hydrogen) atoms. The van der Waals surface area contributed by atoms with E-state index in [1.54, 1.807) is 6.92 Å². The van der Waals surface area contributed by atoms with Crippen LogP contribution in [-0.2, 0) is 19.0 Å². The van der Waals surface area contributed by atoms with Crippen molar-refractivity contribution in [2.45, 2.75) is 56.8 Å². The van der Waals surface area contributed by atoms with Gasteiger partial charge in [-0.05, 0) is 91.2 Å². The molecule has 2 unspecified atom stereocenters. The smallest absolute Gasteiger partial charge is 0.332 e. The van der Waals surface area contributed by atoms with E-state index in [4.69, 9.17) is 37.4 Å². The van der Waals surface area contributed by atoms with E-state index in [2.05, 4.69) is 127 Å². The van der Waals surface area contributed by atoms with Crippen LogP contribution in [0.25, 0.3) is 0 Å². The fourth-order valence-electron chi connectivity index (χ4n) is 7.52. The predicted molar refractivity (Wildman–Crippen MR) is 227 cm³/mol. The third kappa shape index (κ3) is 8.61. The summed E-state index contributed by atoms with van der Waals surface area (Å²) in [6.45, 7) is 1.70. The average molecular weight is 794 g/mol. The predicted octanol–water partition coefficient (Wildman–Crippen LogP) is 9.96. The van der Waals surface area contributed by atoms with Crippen LogP contribution in [0, 0.1) is 0 Å². The van der Waals surface area contributed by atoms with Crippen molar-refractivity contribution in [1.29, 1.82) is 0 Å². The van der Waals surface area contributed by atoms with Gasteiger partial charge in [0.2, 0.25) is 5.79 Å². The Kier molecular flexibility index (Phi) is 13.2. The molecule has 4 nitrogen and oxygen atoms in total. The number of ether oxygens (including phenoxy) is 3. The number of allylic oxidation sites excluding steroid dienone is 2. The Labute approximate surface area is 331 Å². The van der Waals surface area contributed by atoms with E-state index in [9.17, 15) is 4.79 Å². The van der Waals surface area contributed by atoms with E-state index in [1.807, 2.05) is 24.3 Å². The number of carbonyl (C=O) groups is 1. The van der Waals surface area contributed by atoms with Crippen LogP contribution in [0.2, 0.25) is 5.02 Å². The van der Waals surface area contributed by atoms with Gasteiger partial charge in [0, 0.05) is 5.02 Å². The summed E-state index contributed by atoms with van der Waals surface area (Å²) in [6.07, 6.45) is 8.94. The lowest BCUT2D eigenvalue weighted by atomic mass is 9.85.